The van der Waals surface area contributed by atoms with Crippen LogP contribution >= 0.6 is 11.3 Å². The molecule has 1 heterocycles. The number of aromatic nitrogens is 1. The van der Waals surface area contributed by atoms with Gasteiger partial charge in [0.2, 0.25) is 0 Å². The molecular formula is C24H18N2O5S. The number of carboxylic acid groups (broad SMARTS) is 1. The van der Waals surface area contributed by atoms with Crippen LogP contribution in [0, 0.1) is 0 Å². The van der Waals surface area contributed by atoms with Gasteiger partial charge in [-0.05, 0) is 43.3 Å². The minimum atomic E-state index is -1.10. The van der Waals surface area contributed by atoms with Gasteiger partial charge in [-0.2, -0.15) is 0 Å². The molecule has 0 fully saturated rings. The van der Waals surface area contributed by atoms with E-state index in [2.05, 4.69) is 10.3 Å². The number of aromatic carboxylic acids is 1. The largest absolute Gasteiger partial charge is 0.478 e. The molecule has 0 aliphatic carbocycles. The van der Waals surface area contributed by atoms with Gasteiger partial charge in [0.15, 0.2) is 6.10 Å². The number of amides is 1. The summed E-state index contributed by atoms with van der Waals surface area (Å²) in [7, 11) is 0. The summed E-state index contributed by atoms with van der Waals surface area (Å²) >= 11 is 1.47. The molecule has 2 N–H and O–H groups in total. The van der Waals surface area contributed by atoms with Crippen molar-refractivity contribution in [2.75, 3.05) is 5.32 Å². The number of anilines is 1. The first-order valence-corrected chi connectivity index (χ1v) is 10.5. The Kier molecular flexibility index (Phi) is 5.96. The summed E-state index contributed by atoms with van der Waals surface area (Å²) in [5.74, 6) is -2.33. The third kappa shape index (κ3) is 4.50. The lowest BCUT2D eigenvalue weighted by Crippen LogP contribution is -2.30. The number of benzene rings is 3. The molecule has 0 saturated carbocycles. The summed E-state index contributed by atoms with van der Waals surface area (Å²) in [6, 6.07) is 20.5. The van der Waals surface area contributed by atoms with Crippen LogP contribution < -0.4 is 5.32 Å². The van der Waals surface area contributed by atoms with E-state index < -0.39 is 23.9 Å². The van der Waals surface area contributed by atoms with Gasteiger partial charge >= 0.3 is 11.9 Å². The molecule has 160 valence electrons. The number of thiazole rings is 1. The molecule has 4 aromatic rings. The first kappa shape index (κ1) is 21.2. The maximum atomic E-state index is 12.9. The highest BCUT2D eigenvalue weighted by Gasteiger charge is 2.22. The smallest absolute Gasteiger partial charge is 0.339 e. The summed E-state index contributed by atoms with van der Waals surface area (Å²) < 4.78 is 6.40. The van der Waals surface area contributed by atoms with E-state index in [1.165, 1.54) is 36.5 Å². The van der Waals surface area contributed by atoms with Gasteiger partial charge in [0, 0.05) is 11.3 Å². The molecule has 1 unspecified atom stereocenters. The van der Waals surface area contributed by atoms with Crippen LogP contribution in [-0.2, 0) is 9.53 Å². The highest BCUT2D eigenvalue weighted by Crippen LogP contribution is 2.32. The fourth-order valence-corrected chi connectivity index (χ4v) is 4.09. The lowest BCUT2D eigenvalue weighted by molar-refractivity contribution is -0.123. The Morgan fingerprint density at radius 3 is 2.53 bits per heavy atom. The molecule has 7 nitrogen and oxygen atoms in total. The Labute approximate surface area is 187 Å². The van der Waals surface area contributed by atoms with Crippen molar-refractivity contribution in [3.8, 4) is 10.6 Å². The Bertz CT molecular complexity index is 1300. The third-order valence-electron chi connectivity index (χ3n) is 4.70. The molecule has 0 bridgehead atoms. The van der Waals surface area contributed by atoms with Crippen molar-refractivity contribution >= 4 is 45.1 Å². The molecule has 0 saturated heterocycles. The number of rotatable bonds is 6. The number of nitrogens with zero attached hydrogens (tertiary/aromatic N) is 1. The number of carbonyl (C=O) groups excluding carboxylic acids is 2. The van der Waals surface area contributed by atoms with E-state index in [4.69, 9.17) is 9.84 Å². The zero-order valence-corrected chi connectivity index (χ0v) is 17.8. The molecule has 0 spiro atoms. The Morgan fingerprint density at radius 2 is 1.75 bits per heavy atom. The summed E-state index contributed by atoms with van der Waals surface area (Å²) in [4.78, 5) is 41.0. The summed E-state index contributed by atoms with van der Waals surface area (Å²) in [6.07, 6.45) is -1.10. The lowest BCUT2D eigenvalue weighted by atomic mass is 10.1. The van der Waals surface area contributed by atoms with E-state index in [1.807, 2.05) is 30.3 Å². The predicted molar refractivity (Wildman–Crippen MR) is 122 cm³/mol. The quantitative estimate of drug-likeness (QED) is 0.410. The minimum absolute atomic E-state index is 0.0391. The Hall–Kier alpha value is -4.04. The van der Waals surface area contributed by atoms with Gasteiger partial charge in [-0.1, -0.05) is 36.4 Å². The summed E-state index contributed by atoms with van der Waals surface area (Å²) in [5, 5.41) is 12.3. The number of para-hydroxylation sites is 1. The van der Waals surface area contributed by atoms with E-state index in [0.717, 1.165) is 10.2 Å². The van der Waals surface area contributed by atoms with Crippen LogP contribution in [0.3, 0.4) is 0 Å². The van der Waals surface area contributed by atoms with Gasteiger partial charge < -0.3 is 15.2 Å². The van der Waals surface area contributed by atoms with Crippen LogP contribution in [0.2, 0.25) is 0 Å². The normalized spacial score (nSPS) is 11.7. The predicted octanol–water partition coefficient (Wildman–Crippen LogP) is 4.85. The molecule has 3 aromatic carbocycles. The second kappa shape index (κ2) is 8.99. The summed E-state index contributed by atoms with van der Waals surface area (Å²) in [6.45, 7) is 1.45. The fraction of sp³-hybridized carbons (Fsp3) is 0.0833. The Balaban J connectivity index is 1.51. The number of hydrogen-bond donors (Lipinski definition) is 2. The van der Waals surface area contributed by atoms with E-state index in [-0.39, 0.29) is 5.56 Å². The molecule has 8 heteroatoms. The SMILES string of the molecule is CC(OC(=O)c1ccccc1-c1nc2ccccc2s1)C(=O)Nc1cccc(C(=O)O)c1. The van der Waals surface area contributed by atoms with Crippen LogP contribution in [0.4, 0.5) is 5.69 Å². The fourth-order valence-electron chi connectivity index (χ4n) is 3.09. The van der Waals surface area contributed by atoms with Crippen molar-refractivity contribution in [3.63, 3.8) is 0 Å². The zero-order valence-electron chi connectivity index (χ0n) is 16.9. The van der Waals surface area contributed by atoms with Gasteiger partial charge in [-0.25, -0.2) is 14.6 Å². The molecule has 0 radical (unpaired) electrons. The number of carbonyl (C=O) groups is 3. The average Bonchev–Trinajstić information content (AvgIpc) is 3.23. The van der Waals surface area contributed by atoms with Crippen LogP contribution in [0.25, 0.3) is 20.8 Å². The molecule has 1 aromatic heterocycles. The number of hydrogen-bond acceptors (Lipinski definition) is 6. The highest BCUT2D eigenvalue weighted by atomic mass is 32.1. The van der Waals surface area contributed by atoms with Crippen molar-refractivity contribution in [3.05, 3.63) is 83.9 Å². The standard InChI is InChI=1S/C24H18N2O5S/c1-14(21(27)25-16-8-6-7-15(13-16)23(28)29)31-24(30)18-10-3-2-9-17(18)22-26-19-11-4-5-12-20(19)32-22/h2-14H,1H3,(H,25,27)(H,28,29). The van der Waals surface area contributed by atoms with E-state index >= 15 is 0 Å². The van der Waals surface area contributed by atoms with Gasteiger partial charge in [0.25, 0.3) is 5.91 Å². The topological polar surface area (TPSA) is 106 Å². The van der Waals surface area contributed by atoms with Crippen molar-refractivity contribution in [2.45, 2.75) is 13.0 Å². The zero-order chi connectivity index (χ0) is 22.7. The van der Waals surface area contributed by atoms with Crippen molar-refractivity contribution in [2.24, 2.45) is 0 Å². The first-order valence-electron chi connectivity index (χ1n) is 9.72. The molecular weight excluding hydrogens is 428 g/mol. The summed E-state index contributed by atoms with van der Waals surface area (Å²) in [5.41, 5.74) is 2.11. The number of nitrogens with one attached hydrogen (secondary N) is 1. The van der Waals surface area contributed by atoms with Crippen molar-refractivity contribution < 1.29 is 24.2 Å². The number of ether oxygens (including phenoxy) is 1. The number of fused-ring (bicyclic) bond motifs is 1. The molecule has 0 aliphatic rings. The maximum absolute atomic E-state index is 12.9. The van der Waals surface area contributed by atoms with Gasteiger partial charge in [-0.15, -0.1) is 11.3 Å². The van der Waals surface area contributed by atoms with E-state index in [0.29, 0.717) is 21.8 Å². The highest BCUT2D eigenvalue weighted by molar-refractivity contribution is 7.21. The monoisotopic (exact) mass is 446 g/mol. The van der Waals surface area contributed by atoms with Gasteiger partial charge in [0.1, 0.15) is 5.01 Å². The molecule has 1 amide bonds. The third-order valence-corrected chi connectivity index (χ3v) is 5.77. The van der Waals surface area contributed by atoms with Gasteiger partial charge in [0.05, 0.1) is 21.3 Å². The second-order valence-corrected chi connectivity index (χ2v) is 7.99. The molecule has 0 aliphatic heterocycles. The van der Waals surface area contributed by atoms with E-state index in [9.17, 15) is 14.4 Å². The molecule has 1 atom stereocenters. The second-order valence-electron chi connectivity index (χ2n) is 6.96. The molecule has 32 heavy (non-hydrogen) atoms. The van der Waals surface area contributed by atoms with Crippen LogP contribution in [-0.4, -0.2) is 34.0 Å². The van der Waals surface area contributed by atoms with Crippen LogP contribution in [0.5, 0.6) is 0 Å². The lowest BCUT2D eigenvalue weighted by Gasteiger charge is -2.15. The molecule has 4 rings (SSSR count). The average molecular weight is 446 g/mol. The van der Waals surface area contributed by atoms with Gasteiger partial charge in [-0.3, -0.25) is 4.79 Å². The van der Waals surface area contributed by atoms with Crippen LogP contribution in [0.1, 0.15) is 27.6 Å². The van der Waals surface area contributed by atoms with Crippen LogP contribution in [0.15, 0.2) is 72.8 Å². The number of carboxylic acids is 1. The van der Waals surface area contributed by atoms with E-state index in [1.54, 1.807) is 24.3 Å². The van der Waals surface area contributed by atoms with Crippen molar-refractivity contribution in [1.29, 1.82) is 0 Å². The first-order chi connectivity index (χ1) is 15.4. The maximum Gasteiger partial charge on any atom is 0.339 e. The minimum Gasteiger partial charge on any atom is -0.478 e. The van der Waals surface area contributed by atoms with Crippen molar-refractivity contribution in [1.82, 2.24) is 4.98 Å². The Morgan fingerprint density at radius 1 is 1.00 bits per heavy atom. The number of esters is 1.